The Morgan fingerprint density at radius 3 is 2.45 bits per heavy atom. The number of carbonyl (C=O) groups excluding carboxylic acids is 2. The van der Waals surface area contributed by atoms with Crippen LogP contribution in [0.2, 0.25) is 0 Å². The van der Waals surface area contributed by atoms with Crippen molar-refractivity contribution in [3.8, 4) is 5.75 Å². The molecule has 6 nitrogen and oxygen atoms in total. The molecule has 1 aliphatic heterocycles. The first-order valence-electron chi connectivity index (χ1n) is 10.1. The molecule has 29 heavy (non-hydrogen) atoms. The molecule has 0 bridgehead atoms. The molecule has 0 radical (unpaired) electrons. The molecule has 0 spiro atoms. The van der Waals surface area contributed by atoms with Gasteiger partial charge in [-0.3, -0.25) is 4.79 Å². The molecule has 6 heteroatoms. The van der Waals surface area contributed by atoms with Crippen molar-refractivity contribution in [2.24, 2.45) is 0 Å². The Morgan fingerprint density at radius 1 is 1.03 bits per heavy atom. The number of rotatable bonds is 8. The third kappa shape index (κ3) is 5.35. The van der Waals surface area contributed by atoms with E-state index in [0.717, 1.165) is 32.3 Å². The number of amides is 1. The molecule has 1 saturated heterocycles. The first-order chi connectivity index (χ1) is 14.2. The van der Waals surface area contributed by atoms with Crippen LogP contribution in [0.25, 0.3) is 0 Å². The predicted molar refractivity (Wildman–Crippen MR) is 107 cm³/mol. The van der Waals surface area contributed by atoms with Crippen LogP contribution in [0.15, 0.2) is 54.6 Å². The Balaban J connectivity index is 1.39. The van der Waals surface area contributed by atoms with E-state index >= 15 is 0 Å². The summed E-state index contributed by atoms with van der Waals surface area (Å²) in [6, 6.07) is 16.0. The van der Waals surface area contributed by atoms with Crippen molar-refractivity contribution >= 4 is 11.9 Å². The molecule has 2 atom stereocenters. The maximum atomic E-state index is 12.6. The smallest absolute Gasteiger partial charge is 0.339 e. The Hall–Kier alpha value is -2.86. The summed E-state index contributed by atoms with van der Waals surface area (Å²) >= 11 is 0. The number of benzene rings is 2. The lowest BCUT2D eigenvalue weighted by Crippen LogP contribution is -2.33. The molecular formula is C23H25NO5. The Bertz CT molecular complexity index is 826. The molecular weight excluding hydrogens is 370 g/mol. The molecule has 0 unspecified atom stereocenters. The average molecular weight is 395 g/mol. The highest BCUT2D eigenvalue weighted by molar-refractivity contribution is 5.93. The van der Waals surface area contributed by atoms with E-state index in [0.29, 0.717) is 23.5 Å². The molecule has 4 rings (SSSR count). The summed E-state index contributed by atoms with van der Waals surface area (Å²) in [5, 5.41) is 2.91. The van der Waals surface area contributed by atoms with E-state index in [1.54, 1.807) is 36.4 Å². The normalized spacial score (nSPS) is 19.4. The first kappa shape index (κ1) is 19.5. The molecule has 1 aliphatic carbocycles. The van der Waals surface area contributed by atoms with Crippen molar-refractivity contribution in [3.63, 3.8) is 0 Å². The molecule has 0 aromatic heterocycles. The zero-order valence-electron chi connectivity index (χ0n) is 16.2. The van der Waals surface area contributed by atoms with Crippen LogP contribution in [-0.2, 0) is 14.3 Å². The third-order valence-electron chi connectivity index (χ3n) is 5.04. The number of esters is 1. The van der Waals surface area contributed by atoms with Gasteiger partial charge in [0.05, 0.1) is 11.7 Å². The Kier molecular flexibility index (Phi) is 6.10. The summed E-state index contributed by atoms with van der Waals surface area (Å²) in [6.07, 6.45) is 3.17. The fourth-order valence-corrected chi connectivity index (χ4v) is 3.23. The molecule has 2 fully saturated rings. The van der Waals surface area contributed by atoms with Gasteiger partial charge in [0.15, 0.2) is 0 Å². The molecule has 152 valence electrons. The van der Waals surface area contributed by atoms with Crippen molar-refractivity contribution in [2.45, 2.75) is 43.9 Å². The second kappa shape index (κ2) is 9.09. The molecule has 1 heterocycles. The van der Waals surface area contributed by atoms with Gasteiger partial charge >= 0.3 is 5.97 Å². The number of nitrogens with one attached hydrogen (secondary N) is 1. The van der Waals surface area contributed by atoms with Gasteiger partial charge in [-0.2, -0.15) is 0 Å². The summed E-state index contributed by atoms with van der Waals surface area (Å²) in [5.41, 5.74) is 1.02. The van der Waals surface area contributed by atoms with E-state index in [1.165, 1.54) is 0 Å². The van der Waals surface area contributed by atoms with E-state index in [4.69, 9.17) is 14.2 Å². The van der Waals surface area contributed by atoms with Gasteiger partial charge in [-0.05, 0) is 49.9 Å². The quantitative estimate of drug-likeness (QED) is 0.694. The van der Waals surface area contributed by atoms with Crippen molar-refractivity contribution in [3.05, 3.63) is 65.7 Å². The van der Waals surface area contributed by atoms with Crippen LogP contribution in [0.1, 0.15) is 47.7 Å². The number of hydrogen-bond acceptors (Lipinski definition) is 5. The lowest BCUT2D eigenvalue weighted by molar-refractivity contribution is -0.130. The maximum Gasteiger partial charge on any atom is 0.339 e. The fraction of sp³-hybridized carbons (Fsp3) is 0.391. The van der Waals surface area contributed by atoms with Crippen LogP contribution >= 0.6 is 0 Å². The summed E-state index contributed by atoms with van der Waals surface area (Å²) in [4.78, 5) is 25.3. The third-order valence-corrected chi connectivity index (χ3v) is 5.04. The summed E-state index contributed by atoms with van der Waals surface area (Å²) in [6.45, 7) is 1.29. The summed E-state index contributed by atoms with van der Waals surface area (Å²) in [7, 11) is 0. The lowest BCUT2D eigenvalue weighted by atomic mass is 10.1. The summed E-state index contributed by atoms with van der Waals surface area (Å²) < 4.78 is 16.8. The SMILES string of the molecule is O=C(O[C@H](C(=O)NC1CC1)c1ccccc1)c1ccc(OC[C@H]2CCCO2)cc1. The van der Waals surface area contributed by atoms with Crippen molar-refractivity contribution in [2.75, 3.05) is 13.2 Å². The van der Waals surface area contributed by atoms with Crippen LogP contribution in [0.3, 0.4) is 0 Å². The summed E-state index contributed by atoms with van der Waals surface area (Å²) in [5.74, 6) is -0.165. The fourth-order valence-electron chi connectivity index (χ4n) is 3.23. The highest BCUT2D eigenvalue weighted by Crippen LogP contribution is 2.24. The lowest BCUT2D eigenvalue weighted by Gasteiger charge is -2.18. The highest BCUT2D eigenvalue weighted by atomic mass is 16.5. The van der Waals surface area contributed by atoms with Crippen molar-refractivity contribution in [1.82, 2.24) is 5.32 Å². The second-order valence-electron chi connectivity index (χ2n) is 7.45. The van der Waals surface area contributed by atoms with Crippen LogP contribution in [0.4, 0.5) is 0 Å². The minimum absolute atomic E-state index is 0.135. The van der Waals surface area contributed by atoms with E-state index < -0.39 is 12.1 Å². The number of hydrogen-bond donors (Lipinski definition) is 1. The van der Waals surface area contributed by atoms with Crippen molar-refractivity contribution in [1.29, 1.82) is 0 Å². The van der Waals surface area contributed by atoms with Gasteiger partial charge in [-0.15, -0.1) is 0 Å². The van der Waals surface area contributed by atoms with E-state index in [9.17, 15) is 9.59 Å². The zero-order valence-corrected chi connectivity index (χ0v) is 16.2. The van der Waals surface area contributed by atoms with Gasteiger partial charge in [0.25, 0.3) is 5.91 Å². The average Bonchev–Trinajstić information content (AvgIpc) is 3.41. The molecule has 2 aromatic rings. The minimum Gasteiger partial charge on any atom is -0.491 e. The van der Waals surface area contributed by atoms with Crippen LogP contribution in [0, 0.1) is 0 Å². The molecule has 1 amide bonds. The van der Waals surface area contributed by atoms with Gasteiger partial charge < -0.3 is 19.5 Å². The van der Waals surface area contributed by atoms with Gasteiger partial charge in [0, 0.05) is 18.2 Å². The molecule has 2 aromatic carbocycles. The second-order valence-corrected chi connectivity index (χ2v) is 7.45. The topological polar surface area (TPSA) is 73.9 Å². The molecule has 2 aliphatic rings. The zero-order chi connectivity index (χ0) is 20.1. The molecule has 1 N–H and O–H groups in total. The van der Waals surface area contributed by atoms with Crippen molar-refractivity contribution < 1.29 is 23.8 Å². The number of carbonyl (C=O) groups is 2. The van der Waals surface area contributed by atoms with Crippen LogP contribution in [0.5, 0.6) is 5.75 Å². The highest BCUT2D eigenvalue weighted by Gasteiger charge is 2.31. The van der Waals surface area contributed by atoms with E-state index in [2.05, 4.69) is 5.32 Å². The predicted octanol–water partition coefficient (Wildman–Crippen LogP) is 3.42. The van der Waals surface area contributed by atoms with Gasteiger partial charge in [0.2, 0.25) is 6.10 Å². The standard InChI is InChI=1S/C23H25NO5/c25-22(24-18-10-11-18)21(16-5-2-1-3-6-16)29-23(26)17-8-12-19(13-9-17)28-15-20-7-4-14-27-20/h1-3,5-6,8-9,12-13,18,20-21H,4,7,10-11,14-15H2,(H,24,25)/t20-,21+/m1/s1. The Labute approximate surface area is 170 Å². The van der Waals surface area contributed by atoms with E-state index in [-0.39, 0.29) is 18.1 Å². The van der Waals surface area contributed by atoms with E-state index in [1.807, 2.05) is 18.2 Å². The molecule has 1 saturated carbocycles. The Morgan fingerprint density at radius 2 is 1.79 bits per heavy atom. The monoisotopic (exact) mass is 395 g/mol. The van der Waals surface area contributed by atoms with Crippen LogP contribution in [-0.4, -0.2) is 37.2 Å². The minimum atomic E-state index is -0.972. The van der Waals surface area contributed by atoms with Gasteiger partial charge in [-0.1, -0.05) is 30.3 Å². The van der Waals surface area contributed by atoms with Gasteiger partial charge in [0.1, 0.15) is 12.4 Å². The first-order valence-corrected chi connectivity index (χ1v) is 10.1. The largest absolute Gasteiger partial charge is 0.491 e. The van der Waals surface area contributed by atoms with Gasteiger partial charge in [-0.25, -0.2) is 4.79 Å². The van der Waals surface area contributed by atoms with Crippen LogP contribution < -0.4 is 10.1 Å². The number of ether oxygens (including phenoxy) is 3. The maximum absolute atomic E-state index is 12.6.